The molecule has 1 saturated heterocycles. The first-order valence-corrected chi connectivity index (χ1v) is 9.95. The van der Waals surface area contributed by atoms with Gasteiger partial charge in [-0.3, -0.25) is 19.3 Å². The van der Waals surface area contributed by atoms with Gasteiger partial charge < -0.3 is 9.88 Å². The van der Waals surface area contributed by atoms with Crippen molar-refractivity contribution >= 4 is 28.6 Å². The molecule has 1 aliphatic carbocycles. The molecule has 0 unspecified atom stereocenters. The number of hydrogen-bond donors (Lipinski definition) is 1. The first kappa shape index (κ1) is 17.2. The predicted molar refractivity (Wildman–Crippen MR) is 104 cm³/mol. The summed E-state index contributed by atoms with van der Waals surface area (Å²) in [5.74, 6) is -1.12. The van der Waals surface area contributed by atoms with Crippen LogP contribution in [-0.4, -0.2) is 45.1 Å². The summed E-state index contributed by atoms with van der Waals surface area (Å²) in [4.78, 5) is 45.3. The van der Waals surface area contributed by atoms with Gasteiger partial charge in [-0.15, -0.1) is 0 Å². The zero-order chi connectivity index (χ0) is 19.4. The van der Waals surface area contributed by atoms with Crippen molar-refractivity contribution in [1.29, 1.82) is 0 Å². The van der Waals surface area contributed by atoms with Crippen molar-refractivity contribution in [2.45, 2.75) is 38.8 Å². The Balaban J connectivity index is 1.38. The minimum atomic E-state index is -0.752. The normalized spacial score (nSPS) is 25.2. The Morgan fingerprint density at radius 2 is 1.79 bits per heavy atom. The smallest absolute Gasteiger partial charge is 0.245 e. The maximum absolute atomic E-state index is 13.2. The van der Waals surface area contributed by atoms with Crippen molar-refractivity contribution in [3.05, 3.63) is 47.7 Å². The van der Waals surface area contributed by atoms with Crippen molar-refractivity contribution in [3.63, 3.8) is 0 Å². The predicted octanol–water partition coefficient (Wildman–Crippen LogP) is 2.39. The molecule has 1 fully saturated rings. The molecule has 28 heavy (non-hydrogen) atoms. The number of aromatic amines is 1. The lowest BCUT2D eigenvalue weighted by atomic mass is 9.85. The quantitative estimate of drug-likeness (QED) is 0.645. The summed E-state index contributed by atoms with van der Waals surface area (Å²) in [5, 5.41) is 1.13. The summed E-state index contributed by atoms with van der Waals surface area (Å²) in [7, 11) is 0. The topological polar surface area (TPSA) is 73.5 Å². The highest BCUT2D eigenvalue weighted by molar-refractivity contribution is 6.08. The molecule has 1 N–H and O–H groups in total. The molecule has 0 saturated carbocycles. The van der Waals surface area contributed by atoms with Crippen LogP contribution in [0.15, 0.2) is 36.4 Å². The fourth-order valence-corrected chi connectivity index (χ4v) is 4.94. The molecule has 6 nitrogen and oxygen atoms in total. The second-order valence-electron chi connectivity index (χ2n) is 8.02. The maximum Gasteiger partial charge on any atom is 0.245 e. The number of benzene rings is 1. The summed E-state index contributed by atoms with van der Waals surface area (Å²) in [5.41, 5.74) is 3.39. The summed E-state index contributed by atoms with van der Waals surface area (Å²) in [6.45, 7) is 2.79. The van der Waals surface area contributed by atoms with Crippen LogP contribution in [0.4, 0.5) is 0 Å². The van der Waals surface area contributed by atoms with Crippen LogP contribution >= 0.6 is 0 Å². The Kier molecular flexibility index (Phi) is 3.89. The number of nitrogens with one attached hydrogen (secondary N) is 1. The van der Waals surface area contributed by atoms with Gasteiger partial charge in [0.05, 0.1) is 11.8 Å². The molecule has 5 rings (SSSR count). The average Bonchev–Trinajstić information content (AvgIpc) is 3.22. The monoisotopic (exact) mass is 377 g/mol. The minimum Gasteiger partial charge on any atom is -0.358 e. The fourth-order valence-electron chi connectivity index (χ4n) is 4.94. The Labute approximate surface area is 163 Å². The van der Waals surface area contributed by atoms with Crippen molar-refractivity contribution in [3.8, 4) is 0 Å². The summed E-state index contributed by atoms with van der Waals surface area (Å²) >= 11 is 0. The number of likely N-dealkylation sites (tertiary alicyclic amines) is 1. The van der Waals surface area contributed by atoms with Crippen LogP contribution in [0.25, 0.3) is 10.9 Å². The van der Waals surface area contributed by atoms with E-state index in [2.05, 4.69) is 11.1 Å². The molecule has 0 bridgehead atoms. The second kappa shape index (κ2) is 6.33. The molecule has 3 atom stereocenters. The number of carbonyl (C=O) groups is 3. The van der Waals surface area contributed by atoms with Crippen LogP contribution in [0, 0.1) is 11.8 Å². The van der Waals surface area contributed by atoms with Crippen LogP contribution in [0.5, 0.6) is 0 Å². The lowest BCUT2D eigenvalue weighted by Gasteiger charge is -2.32. The van der Waals surface area contributed by atoms with Crippen molar-refractivity contribution < 1.29 is 14.4 Å². The lowest BCUT2D eigenvalue weighted by molar-refractivity contribution is -0.151. The van der Waals surface area contributed by atoms with Crippen LogP contribution < -0.4 is 0 Å². The summed E-state index contributed by atoms with van der Waals surface area (Å²) in [6, 6.07) is 7.34. The Morgan fingerprint density at radius 3 is 2.50 bits per heavy atom. The number of hydrogen-bond acceptors (Lipinski definition) is 3. The van der Waals surface area contributed by atoms with Crippen LogP contribution in [-0.2, 0) is 27.3 Å². The average molecular weight is 377 g/mol. The first-order valence-electron chi connectivity index (χ1n) is 9.95. The lowest BCUT2D eigenvalue weighted by Crippen LogP contribution is -2.50. The number of rotatable bonds is 2. The third-order valence-electron chi connectivity index (χ3n) is 6.48. The molecule has 1 aromatic heterocycles. The first-order chi connectivity index (χ1) is 13.6. The van der Waals surface area contributed by atoms with Crippen molar-refractivity contribution in [2.75, 3.05) is 6.54 Å². The molecule has 3 heterocycles. The molecule has 2 aliphatic heterocycles. The van der Waals surface area contributed by atoms with Gasteiger partial charge in [-0.05, 0) is 25.8 Å². The second-order valence-corrected chi connectivity index (χ2v) is 8.02. The molecule has 6 heteroatoms. The van der Waals surface area contributed by atoms with E-state index in [1.807, 2.05) is 30.4 Å². The van der Waals surface area contributed by atoms with Gasteiger partial charge in [-0.1, -0.05) is 30.4 Å². The standard InChI is InChI=1S/C22H23N3O3/c1-13(25-21(27)15-7-2-3-8-16(15)22(25)28)20(26)24-11-10-19-17(12-24)14-6-4-5-9-18(14)23-19/h2-6,9,13,15-16,23H,7-8,10-12H2,1H3/t13-,15-,16-/m1/s1. The number of H-pyrrole nitrogens is 1. The van der Waals surface area contributed by atoms with Gasteiger partial charge in [-0.2, -0.15) is 0 Å². The van der Waals surface area contributed by atoms with Gasteiger partial charge in [-0.25, -0.2) is 0 Å². The van der Waals surface area contributed by atoms with Gasteiger partial charge in [0.1, 0.15) is 6.04 Å². The minimum absolute atomic E-state index is 0.149. The summed E-state index contributed by atoms with van der Waals surface area (Å²) in [6.07, 6.45) is 5.86. The van der Waals surface area contributed by atoms with E-state index < -0.39 is 6.04 Å². The molecular formula is C22H23N3O3. The molecule has 3 aliphatic rings. The van der Waals surface area contributed by atoms with Crippen molar-refractivity contribution in [1.82, 2.24) is 14.8 Å². The van der Waals surface area contributed by atoms with Crippen LogP contribution in [0.2, 0.25) is 0 Å². The third-order valence-corrected chi connectivity index (χ3v) is 6.48. The highest BCUT2D eigenvalue weighted by atomic mass is 16.2. The SMILES string of the molecule is C[C@H](C(=O)N1CCc2[nH]c3ccccc3c2C1)N1C(=O)[C@@H]2CC=CC[C@H]2C1=O. The maximum atomic E-state index is 13.2. The number of fused-ring (bicyclic) bond motifs is 4. The number of allylic oxidation sites excluding steroid dienone is 2. The van der Waals surface area contributed by atoms with Crippen LogP contribution in [0.3, 0.4) is 0 Å². The summed E-state index contributed by atoms with van der Waals surface area (Å²) < 4.78 is 0. The number of imide groups is 1. The van der Waals surface area contributed by atoms with Crippen LogP contribution in [0.1, 0.15) is 31.0 Å². The van der Waals surface area contributed by atoms with E-state index >= 15 is 0 Å². The van der Waals surface area contributed by atoms with Crippen molar-refractivity contribution in [2.24, 2.45) is 11.8 Å². The number of para-hydroxylation sites is 1. The third kappa shape index (κ3) is 2.44. The van der Waals surface area contributed by atoms with E-state index in [1.165, 1.54) is 10.6 Å². The number of nitrogens with zero attached hydrogens (tertiary/aromatic N) is 2. The molecule has 144 valence electrons. The van der Waals surface area contributed by atoms with Gasteiger partial charge in [0.25, 0.3) is 0 Å². The molecular weight excluding hydrogens is 354 g/mol. The largest absolute Gasteiger partial charge is 0.358 e. The van der Waals surface area contributed by atoms with E-state index in [1.54, 1.807) is 11.8 Å². The Bertz CT molecular complexity index is 995. The van der Waals surface area contributed by atoms with Gasteiger partial charge in [0.2, 0.25) is 17.7 Å². The number of carbonyl (C=O) groups excluding carboxylic acids is 3. The molecule has 3 amide bonds. The van der Waals surface area contributed by atoms with Gasteiger partial charge in [0, 0.05) is 41.7 Å². The Hall–Kier alpha value is -2.89. The number of aromatic nitrogens is 1. The molecule has 1 aromatic carbocycles. The zero-order valence-electron chi connectivity index (χ0n) is 15.9. The van der Waals surface area contributed by atoms with Gasteiger partial charge in [0.15, 0.2) is 0 Å². The number of amides is 3. The van der Waals surface area contributed by atoms with E-state index in [4.69, 9.17) is 0 Å². The molecule has 0 radical (unpaired) electrons. The van der Waals surface area contributed by atoms with E-state index in [0.717, 1.165) is 22.9 Å². The van der Waals surface area contributed by atoms with E-state index in [0.29, 0.717) is 25.9 Å². The highest BCUT2D eigenvalue weighted by Crippen LogP contribution is 2.36. The Morgan fingerprint density at radius 1 is 1.11 bits per heavy atom. The van der Waals surface area contributed by atoms with E-state index in [9.17, 15) is 14.4 Å². The molecule has 0 spiro atoms. The zero-order valence-corrected chi connectivity index (χ0v) is 15.9. The fraction of sp³-hybridized carbons (Fsp3) is 0.409. The molecule has 2 aromatic rings. The highest BCUT2D eigenvalue weighted by Gasteiger charge is 2.50. The van der Waals surface area contributed by atoms with E-state index in [-0.39, 0.29) is 29.6 Å². The van der Waals surface area contributed by atoms with Gasteiger partial charge >= 0.3 is 0 Å².